The second kappa shape index (κ2) is 5.17. The standard InChI is InChI=1S/C14H25NO3/c1-4-14(13(16)17)5-6-15(9-14)12-7-10(2)18-11(3)8-12/h10-12H,4-9H2,1-3H3,(H,16,17). The summed E-state index contributed by atoms with van der Waals surface area (Å²) in [4.78, 5) is 13.8. The molecule has 1 N–H and O–H groups in total. The van der Waals surface area contributed by atoms with Crippen LogP contribution in [0.4, 0.5) is 0 Å². The number of nitrogens with zero attached hydrogens (tertiary/aromatic N) is 1. The fourth-order valence-corrected chi connectivity index (χ4v) is 3.50. The highest BCUT2D eigenvalue weighted by atomic mass is 16.5. The van der Waals surface area contributed by atoms with E-state index in [2.05, 4.69) is 18.7 Å². The van der Waals surface area contributed by atoms with Gasteiger partial charge in [-0.25, -0.2) is 0 Å². The number of ether oxygens (including phenoxy) is 1. The van der Waals surface area contributed by atoms with Crippen LogP contribution in [-0.2, 0) is 9.53 Å². The van der Waals surface area contributed by atoms with E-state index >= 15 is 0 Å². The van der Waals surface area contributed by atoms with Crippen molar-refractivity contribution >= 4 is 5.97 Å². The van der Waals surface area contributed by atoms with Crippen molar-refractivity contribution in [3.8, 4) is 0 Å². The summed E-state index contributed by atoms with van der Waals surface area (Å²) in [5.41, 5.74) is -0.509. The Morgan fingerprint density at radius 2 is 2.00 bits per heavy atom. The van der Waals surface area contributed by atoms with Crippen LogP contribution in [-0.4, -0.2) is 47.3 Å². The predicted molar refractivity (Wildman–Crippen MR) is 69.6 cm³/mol. The maximum atomic E-state index is 11.5. The minimum Gasteiger partial charge on any atom is -0.481 e. The molecule has 4 nitrogen and oxygen atoms in total. The molecule has 2 fully saturated rings. The SMILES string of the molecule is CCC1(C(=O)O)CCN(C2CC(C)OC(C)C2)C1. The third-order valence-electron chi connectivity index (χ3n) is 4.70. The molecule has 0 saturated carbocycles. The molecule has 0 aliphatic carbocycles. The summed E-state index contributed by atoms with van der Waals surface area (Å²) < 4.78 is 5.76. The Morgan fingerprint density at radius 3 is 2.44 bits per heavy atom. The fourth-order valence-electron chi connectivity index (χ4n) is 3.50. The van der Waals surface area contributed by atoms with Crippen LogP contribution in [0.5, 0.6) is 0 Å². The van der Waals surface area contributed by atoms with Crippen LogP contribution in [0.3, 0.4) is 0 Å². The van der Waals surface area contributed by atoms with E-state index in [4.69, 9.17) is 4.74 Å². The molecule has 2 aliphatic heterocycles. The minimum atomic E-state index is -0.624. The molecule has 0 bridgehead atoms. The van der Waals surface area contributed by atoms with E-state index in [1.54, 1.807) is 0 Å². The van der Waals surface area contributed by atoms with Gasteiger partial charge in [0.2, 0.25) is 0 Å². The van der Waals surface area contributed by atoms with E-state index in [9.17, 15) is 9.90 Å². The van der Waals surface area contributed by atoms with Crippen molar-refractivity contribution in [2.45, 2.75) is 64.7 Å². The lowest BCUT2D eigenvalue weighted by atomic mass is 9.84. The molecular formula is C14H25NO3. The largest absolute Gasteiger partial charge is 0.481 e. The van der Waals surface area contributed by atoms with Crippen LogP contribution < -0.4 is 0 Å². The molecule has 18 heavy (non-hydrogen) atoms. The van der Waals surface area contributed by atoms with Gasteiger partial charge in [-0.05, 0) is 46.1 Å². The topological polar surface area (TPSA) is 49.8 Å². The Hall–Kier alpha value is -0.610. The quantitative estimate of drug-likeness (QED) is 0.839. The molecule has 2 rings (SSSR count). The number of carbonyl (C=O) groups is 1. The van der Waals surface area contributed by atoms with Crippen molar-refractivity contribution in [3.63, 3.8) is 0 Å². The average Bonchev–Trinajstić information content (AvgIpc) is 2.73. The summed E-state index contributed by atoms with van der Waals surface area (Å²) in [6.07, 6.45) is 4.17. The Labute approximate surface area is 109 Å². The molecule has 0 aromatic carbocycles. The third-order valence-corrected chi connectivity index (χ3v) is 4.70. The van der Waals surface area contributed by atoms with Crippen LogP contribution in [0.2, 0.25) is 0 Å². The second-order valence-electron chi connectivity index (χ2n) is 6.04. The molecule has 0 spiro atoms. The molecule has 2 aliphatic rings. The molecule has 2 heterocycles. The van der Waals surface area contributed by atoms with Gasteiger partial charge in [-0.1, -0.05) is 6.92 Å². The van der Waals surface area contributed by atoms with Gasteiger partial charge < -0.3 is 9.84 Å². The highest BCUT2D eigenvalue weighted by molar-refractivity contribution is 5.75. The number of hydrogen-bond acceptors (Lipinski definition) is 3. The van der Waals surface area contributed by atoms with Gasteiger partial charge in [-0.2, -0.15) is 0 Å². The molecule has 4 heteroatoms. The van der Waals surface area contributed by atoms with Crippen LogP contribution in [0, 0.1) is 5.41 Å². The fraction of sp³-hybridized carbons (Fsp3) is 0.929. The molecular weight excluding hydrogens is 230 g/mol. The third kappa shape index (κ3) is 2.54. The molecule has 0 aromatic heterocycles. The van der Waals surface area contributed by atoms with Gasteiger partial charge in [0.05, 0.1) is 17.6 Å². The van der Waals surface area contributed by atoms with Gasteiger partial charge in [-0.3, -0.25) is 9.69 Å². The number of aliphatic carboxylic acids is 1. The van der Waals surface area contributed by atoms with E-state index in [0.717, 1.165) is 32.2 Å². The van der Waals surface area contributed by atoms with Crippen molar-refractivity contribution in [3.05, 3.63) is 0 Å². The number of hydrogen-bond donors (Lipinski definition) is 1. The molecule has 0 aromatic rings. The first-order valence-corrected chi connectivity index (χ1v) is 7.10. The first-order valence-electron chi connectivity index (χ1n) is 7.10. The maximum Gasteiger partial charge on any atom is 0.310 e. The summed E-state index contributed by atoms with van der Waals surface area (Å²) in [5, 5.41) is 9.43. The van der Waals surface area contributed by atoms with E-state index in [0.29, 0.717) is 24.8 Å². The van der Waals surface area contributed by atoms with Gasteiger partial charge in [-0.15, -0.1) is 0 Å². The first-order chi connectivity index (χ1) is 8.47. The van der Waals surface area contributed by atoms with E-state index in [1.807, 2.05) is 6.92 Å². The lowest BCUT2D eigenvalue weighted by molar-refractivity contribution is -0.148. The Morgan fingerprint density at radius 1 is 1.39 bits per heavy atom. The van der Waals surface area contributed by atoms with Gasteiger partial charge in [0.25, 0.3) is 0 Å². The minimum absolute atomic E-state index is 0.292. The van der Waals surface area contributed by atoms with Gasteiger partial charge >= 0.3 is 5.97 Å². The predicted octanol–water partition coefficient (Wildman–Crippen LogP) is 2.13. The van der Waals surface area contributed by atoms with Crippen molar-refractivity contribution in [1.29, 1.82) is 0 Å². The van der Waals surface area contributed by atoms with Crippen molar-refractivity contribution < 1.29 is 14.6 Å². The summed E-state index contributed by atoms with van der Waals surface area (Å²) in [7, 11) is 0. The number of carboxylic acids is 1. The zero-order valence-electron chi connectivity index (χ0n) is 11.7. The zero-order chi connectivity index (χ0) is 13.3. The smallest absolute Gasteiger partial charge is 0.310 e. The van der Waals surface area contributed by atoms with Gasteiger partial charge in [0.15, 0.2) is 0 Å². The highest BCUT2D eigenvalue weighted by Gasteiger charge is 2.45. The number of likely N-dealkylation sites (tertiary alicyclic amines) is 1. The first kappa shape index (κ1) is 13.8. The van der Waals surface area contributed by atoms with Crippen LogP contribution in [0.15, 0.2) is 0 Å². The van der Waals surface area contributed by atoms with E-state index in [-0.39, 0.29) is 0 Å². The zero-order valence-corrected chi connectivity index (χ0v) is 11.7. The van der Waals surface area contributed by atoms with Crippen molar-refractivity contribution in [1.82, 2.24) is 4.90 Å². The van der Waals surface area contributed by atoms with E-state index in [1.165, 1.54) is 0 Å². The average molecular weight is 255 g/mol. The number of carboxylic acid groups (broad SMARTS) is 1. The molecule has 3 atom stereocenters. The summed E-state index contributed by atoms with van der Waals surface area (Å²) >= 11 is 0. The van der Waals surface area contributed by atoms with Crippen LogP contribution in [0.25, 0.3) is 0 Å². The molecule has 0 amide bonds. The lowest BCUT2D eigenvalue weighted by Gasteiger charge is -2.38. The normalized spacial score (nSPS) is 42.1. The number of rotatable bonds is 3. The van der Waals surface area contributed by atoms with Crippen molar-refractivity contribution in [2.24, 2.45) is 5.41 Å². The lowest BCUT2D eigenvalue weighted by Crippen LogP contribution is -2.45. The summed E-state index contributed by atoms with van der Waals surface area (Å²) in [5.74, 6) is -0.624. The van der Waals surface area contributed by atoms with Crippen LogP contribution >= 0.6 is 0 Å². The molecule has 104 valence electrons. The Kier molecular flexibility index (Phi) is 3.97. The summed E-state index contributed by atoms with van der Waals surface area (Å²) in [6.45, 7) is 7.85. The Bertz CT molecular complexity index is 310. The highest BCUT2D eigenvalue weighted by Crippen LogP contribution is 2.37. The molecule has 0 radical (unpaired) electrons. The van der Waals surface area contributed by atoms with Crippen molar-refractivity contribution in [2.75, 3.05) is 13.1 Å². The Balaban J connectivity index is 2.02. The molecule has 3 unspecified atom stereocenters. The van der Waals surface area contributed by atoms with Crippen LogP contribution in [0.1, 0.15) is 46.5 Å². The van der Waals surface area contributed by atoms with E-state index < -0.39 is 11.4 Å². The molecule has 2 saturated heterocycles. The maximum absolute atomic E-state index is 11.5. The monoisotopic (exact) mass is 255 g/mol. The van der Waals surface area contributed by atoms with Gasteiger partial charge in [0, 0.05) is 12.6 Å². The second-order valence-corrected chi connectivity index (χ2v) is 6.04. The summed E-state index contributed by atoms with van der Waals surface area (Å²) in [6, 6.07) is 0.497. The van der Waals surface area contributed by atoms with Gasteiger partial charge in [0.1, 0.15) is 0 Å².